The van der Waals surface area contributed by atoms with Crippen LogP contribution in [0.4, 0.5) is 5.69 Å². The number of nitrogens with zero attached hydrogens (tertiary/aromatic N) is 1. The molecule has 0 bridgehead atoms. The number of benzene rings is 1. The summed E-state index contributed by atoms with van der Waals surface area (Å²) in [5, 5.41) is 11.5. The van der Waals surface area contributed by atoms with E-state index >= 15 is 0 Å². The normalized spacial score (nSPS) is 23.6. The van der Waals surface area contributed by atoms with Gasteiger partial charge in [0.25, 0.3) is 5.69 Å². The molecule has 10 nitrogen and oxygen atoms in total. The molecule has 218 valence electrons. The number of nitro benzene ring substituents is 1. The number of carbonyl (C=O) groups is 1. The predicted octanol–water partition coefficient (Wildman–Crippen LogP) is 4.62. The SMILES string of the molecule is CCO[C@@H]1[C@@H](OCC)[C@H](C#Cc2cc([N+](=O)[O-])ccc2CO[Si](C)(C)C(C)(C)C)O[C@H](C(=O)OC)[C@H]1OCC. The minimum atomic E-state index is -2.09. The van der Waals surface area contributed by atoms with Crippen molar-refractivity contribution in [2.24, 2.45) is 0 Å². The zero-order chi connectivity index (χ0) is 29.4. The fourth-order valence-corrected chi connectivity index (χ4v) is 4.89. The molecular formula is C28H43NO9Si. The number of hydrogen-bond donors (Lipinski definition) is 0. The third-order valence-electron chi connectivity index (χ3n) is 7.10. The zero-order valence-corrected chi connectivity index (χ0v) is 25.6. The first-order valence-corrected chi connectivity index (χ1v) is 16.2. The molecule has 1 heterocycles. The molecule has 1 aliphatic heterocycles. The lowest BCUT2D eigenvalue weighted by Gasteiger charge is -2.43. The molecule has 5 atom stereocenters. The molecule has 39 heavy (non-hydrogen) atoms. The highest BCUT2D eigenvalue weighted by molar-refractivity contribution is 6.74. The third-order valence-corrected chi connectivity index (χ3v) is 11.6. The molecule has 0 unspecified atom stereocenters. The summed E-state index contributed by atoms with van der Waals surface area (Å²) in [6, 6.07) is 4.54. The first-order valence-electron chi connectivity index (χ1n) is 13.3. The number of methoxy groups -OCH3 is 1. The molecule has 2 rings (SSSR count). The van der Waals surface area contributed by atoms with E-state index < -0.39 is 49.7 Å². The van der Waals surface area contributed by atoms with E-state index in [0.29, 0.717) is 25.4 Å². The van der Waals surface area contributed by atoms with E-state index in [1.807, 2.05) is 20.8 Å². The third kappa shape index (κ3) is 8.33. The number of ether oxygens (including phenoxy) is 5. The lowest BCUT2D eigenvalue weighted by molar-refractivity contribution is -0.384. The van der Waals surface area contributed by atoms with E-state index in [9.17, 15) is 14.9 Å². The van der Waals surface area contributed by atoms with Crippen LogP contribution >= 0.6 is 0 Å². The molecule has 1 aromatic carbocycles. The maximum absolute atomic E-state index is 12.7. The lowest BCUT2D eigenvalue weighted by atomic mass is 9.93. The summed E-state index contributed by atoms with van der Waals surface area (Å²) < 4.78 is 35.3. The monoisotopic (exact) mass is 565 g/mol. The second-order valence-electron chi connectivity index (χ2n) is 10.7. The van der Waals surface area contributed by atoms with Crippen molar-refractivity contribution in [3.63, 3.8) is 0 Å². The molecule has 0 radical (unpaired) electrons. The molecular weight excluding hydrogens is 522 g/mol. The van der Waals surface area contributed by atoms with Crippen LogP contribution in [0.1, 0.15) is 52.7 Å². The van der Waals surface area contributed by atoms with Gasteiger partial charge in [0.2, 0.25) is 0 Å². The highest BCUT2D eigenvalue weighted by atomic mass is 28.4. The van der Waals surface area contributed by atoms with Crippen molar-refractivity contribution in [3.05, 3.63) is 39.4 Å². The molecule has 0 N–H and O–H groups in total. The van der Waals surface area contributed by atoms with Gasteiger partial charge in [0.1, 0.15) is 24.4 Å². The van der Waals surface area contributed by atoms with E-state index in [1.165, 1.54) is 19.2 Å². The molecule has 0 amide bonds. The highest BCUT2D eigenvalue weighted by Gasteiger charge is 2.50. The molecule has 1 aromatic rings. The molecule has 11 heteroatoms. The molecule has 1 fully saturated rings. The predicted molar refractivity (Wildman–Crippen MR) is 149 cm³/mol. The van der Waals surface area contributed by atoms with Gasteiger partial charge in [-0.15, -0.1) is 0 Å². The van der Waals surface area contributed by atoms with Gasteiger partial charge in [-0.1, -0.05) is 32.6 Å². The van der Waals surface area contributed by atoms with Crippen LogP contribution < -0.4 is 0 Å². The molecule has 0 saturated carbocycles. The number of hydrogen-bond acceptors (Lipinski definition) is 9. The van der Waals surface area contributed by atoms with Gasteiger partial charge in [-0.3, -0.25) is 10.1 Å². The number of nitro groups is 1. The van der Waals surface area contributed by atoms with Crippen LogP contribution in [0.3, 0.4) is 0 Å². The number of non-ortho nitro benzene ring substituents is 1. The Kier molecular flexibility index (Phi) is 12.1. The van der Waals surface area contributed by atoms with Gasteiger partial charge >= 0.3 is 5.97 Å². The number of rotatable bonds is 11. The molecule has 1 aliphatic rings. The van der Waals surface area contributed by atoms with Gasteiger partial charge in [0.15, 0.2) is 14.4 Å². The Labute approximate surface area is 232 Å². The topological polar surface area (TPSA) is 116 Å². The quantitative estimate of drug-likeness (QED) is 0.125. The fourth-order valence-electron chi connectivity index (χ4n) is 3.94. The lowest BCUT2D eigenvalue weighted by Crippen LogP contribution is -2.62. The Morgan fingerprint density at radius 3 is 2.18 bits per heavy atom. The van der Waals surface area contributed by atoms with Crippen LogP contribution in [-0.4, -0.2) is 76.7 Å². The molecule has 0 aromatic heterocycles. The first-order chi connectivity index (χ1) is 18.3. The Hall–Kier alpha value is -2.33. The Morgan fingerprint density at radius 1 is 1.05 bits per heavy atom. The minimum absolute atomic E-state index is 0.00540. The summed E-state index contributed by atoms with van der Waals surface area (Å²) in [7, 11) is -0.816. The van der Waals surface area contributed by atoms with E-state index in [-0.39, 0.29) is 17.3 Å². The summed E-state index contributed by atoms with van der Waals surface area (Å²) in [4.78, 5) is 23.7. The summed E-state index contributed by atoms with van der Waals surface area (Å²) in [5.74, 6) is 5.50. The van der Waals surface area contributed by atoms with E-state index in [1.54, 1.807) is 6.07 Å². The molecule has 0 spiro atoms. The van der Waals surface area contributed by atoms with Gasteiger partial charge < -0.3 is 28.1 Å². The van der Waals surface area contributed by atoms with Crippen LogP contribution in [0, 0.1) is 22.0 Å². The summed E-state index contributed by atoms with van der Waals surface area (Å²) >= 11 is 0. The van der Waals surface area contributed by atoms with Crippen molar-refractivity contribution in [1.29, 1.82) is 0 Å². The van der Waals surface area contributed by atoms with Gasteiger partial charge in [0.05, 0.1) is 18.6 Å². The van der Waals surface area contributed by atoms with E-state index in [2.05, 4.69) is 45.7 Å². The zero-order valence-electron chi connectivity index (χ0n) is 24.6. The first kappa shape index (κ1) is 32.9. The largest absolute Gasteiger partial charge is 0.467 e. The Morgan fingerprint density at radius 2 is 1.64 bits per heavy atom. The Bertz CT molecular complexity index is 1040. The Balaban J connectivity index is 2.54. The molecule has 0 aliphatic carbocycles. The van der Waals surface area contributed by atoms with Crippen molar-refractivity contribution in [1.82, 2.24) is 0 Å². The van der Waals surface area contributed by atoms with Crippen LogP contribution in [0.15, 0.2) is 18.2 Å². The second kappa shape index (κ2) is 14.3. The number of carbonyl (C=O) groups excluding carboxylic acids is 1. The average Bonchev–Trinajstić information content (AvgIpc) is 2.87. The summed E-state index contributed by atoms with van der Waals surface area (Å²) in [5.41, 5.74) is 1.08. The highest BCUT2D eigenvalue weighted by Crippen LogP contribution is 2.37. The number of esters is 1. The minimum Gasteiger partial charge on any atom is -0.467 e. The fraction of sp³-hybridized carbons (Fsp3) is 0.679. The summed E-state index contributed by atoms with van der Waals surface area (Å²) in [6.45, 7) is 17.5. The average molecular weight is 566 g/mol. The van der Waals surface area contributed by atoms with E-state index in [0.717, 1.165) is 5.56 Å². The standard InChI is InChI=1S/C28H43NO9Si/c1-10-34-23-22(38-26(27(30)33-7)25(36-12-3)24(23)35-11-2)16-14-19-17-21(29(31)32)15-13-20(19)18-37-39(8,9)28(4,5)6/h13,15,17,22-26H,10-12,18H2,1-9H3/t22-,23-,24+,25-,26-/m0/s1. The van der Waals surface area contributed by atoms with Crippen LogP contribution in [0.2, 0.25) is 18.1 Å². The van der Waals surface area contributed by atoms with Crippen molar-refractivity contribution in [3.8, 4) is 11.8 Å². The smallest absolute Gasteiger partial charge is 0.337 e. The summed E-state index contributed by atoms with van der Waals surface area (Å²) in [6.07, 6.45) is -4.07. The molecule has 1 saturated heterocycles. The van der Waals surface area contributed by atoms with E-state index in [4.69, 9.17) is 28.1 Å². The van der Waals surface area contributed by atoms with Gasteiger partial charge in [-0.2, -0.15) is 0 Å². The van der Waals surface area contributed by atoms with Crippen LogP contribution in [0.25, 0.3) is 0 Å². The van der Waals surface area contributed by atoms with Crippen molar-refractivity contribution >= 4 is 20.0 Å². The van der Waals surface area contributed by atoms with Crippen molar-refractivity contribution < 1.29 is 37.8 Å². The van der Waals surface area contributed by atoms with Gasteiger partial charge in [-0.25, -0.2) is 4.79 Å². The maximum Gasteiger partial charge on any atom is 0.337 e. The van der Waals surface area contributed by atoms with Crippen LogP contribution in [0.5, 0.6) is 0 Å². The maximum atomic E-state index is 12.7. The van der Waals surface area contributed by atoms with Gasteiger partial charge in [0, 0.05) is 37.5 Å². The second-order valence-corrected chi connectivity index (χ2v) is 15.5. The van der Waals surface area contributed by atoms with Crippen molar-refractivity contribution in [2.75, 3.05) is 26.9 Å². The van der Waals surface area contributed by atoms with Crippen molar-refractivity contribution in [2.45, 2.75) is 96.8 Å². The van der Waals surface area contributed by atoms with Gasteiger partial charge in [-0.05, 0) is 50.5 Å². The van der Waals surface area contributed by atoms with Crippen LogP contribution in [-0.2, 0) is 39.5 Å².